The number of benzene rings is 6. The minimum atomic E-state index is -0.986. The molecule has 0 saturated heterocycles. The highest BCUT2D eigenvalue weighted by Crippen LogP contribution is 2.43. The number of nitrogens with zero attached hydrogens (tertiary/aromatic N) is 4. The molecule has 6 aromatic carbocycles. The zero-order chi connectivity index (χ0) is 39.0. The second-order valence-electron chi connectivity index (χ2n) is 16.0. The summed E-state index contributed by atoms with van der Waals surface area (Å²) in [5.74, 6) is 0.602. The molecule has 0 amide bonds. The van der Waals surface area contributed by atoms with Crippen LogP contribution in [0.25, 0.3) is 94.4 Å². The van der Waals surface area contributed by atoms with Gasteiger partial charge in [-0.15, -0.1) is 0 Å². The van der Waals surface area contributed by atoms with Crippen LogP contribution in [0.1, 0.15) is 48.2 Å². The number of allylic oxidation sites excluding steroid dienone is 9. The van der Waals surface area contributed by atoms with E-state index >= 15 is 0 Å². The van der Waals surface area contributed by atoms with Gasteiger partial charge in [-0.25, -0.2) is 14.4 Å². The van der Waals surface area contributed by atoms with Crippen LogP contribution in [0.2, 0.25) is 0 Å². The maximum Gasteiger partial charge on any atom is 0.235 e. The summed E-state index contributed by atoms with van der Waals surface area (Å²) < 4.78 is 19.0. The molecular weight excluding hydrogens is 724 g/mol. The van der Waals surface area contributed by atoms with Crippen molar-refractivity contribution >= 4 is 71.6 Å². The number of para-hydroxylation sites is 2. The maximum absolute atomic E-state index is 14.4. The minimum absolute atomic E-state index is 0.332. The Labute approximate surface area is 341 Å². The van der Waals surface area contributed by atoms with Crippen LogP contribution in [0, 0.1) is 0 Å². The largest absolute Gasteiger partial charge is 0.310 e. The van der Waals surface area contributed by atoms with Crippen LogP contribution in [0.4, 0.5) is 4.39 Å². The number of hydrogen-bond donors (Lipinski definition) is 0. The highest BCUT2D eigenvalue weighted by molar-refractivity contribution is 6.23. The molecule has 1 atom stereocenters. The van der Waals surface area contributed by atoms with Crippen molar-refractivity contribution in [3.8, 4) is 22.8 Å². The van der Waals surface area contributed by atoms with Crippen molar-refractivity contribution in [2.75, 3.05) is 0 Å². The topological polar surface area (TPSA) is 35.6 Å². The first-order chi connectivity index (χ1) is 29.2. The second kappa shape index (κ2) is 13.5. The van der Waals surface area contributed by atoms with E-state index in [9.17, 15) is 4.39 Å². The van der Waals surface area contributed by atoms with Crippen LogP contribution >= 0.6 is 0 Å². The van der Waals surface area contributed by atoms with Crippen molar-refractivity contribution in [1.82, 2.24) is 19.1 Å². The van der Waals surface area contributed by atoms with Crippen LogP contribution in [0.3, 0.4) is 0 Å². The lowest BCUT2D eigenvalue weighted by molar-refractivity contribution is 0.402. The van der Waals surface area contributed by atoms with Crippen LogP contribution in [-0.2, 0) is 6.42 Å². The van der Waals surface area contributed by atoms with Gasteiger partial charge in [-0.05, 0) is 131 Å². The molecule has 0 fully saturated rings. The lowest BCUT2D eigenvalue weighted by atomic mass is 9.90. The summed E-state index contributed by atoms with van der Waals surface area (Å²) in [4.78, 5) is 10.7. The summed E-state index contributed by atoms with van der Waals surface area (Å²) in [6, 6.07) is 43.9. The molecule has 282 valence electrons. The van der Waals surface area contributed by atoms with Gasteiger partial charge in [0.1, 0.15) is 6.17 Å². The lowest BCUT2D eigenvalue weighted by Gasteiger charge is -2.16. The average molecular weight is 763 g/mol. The molecule has 5 heteroatoms. The summed E-state index contributed by atoms with van der Waals surface area (Å²) in [5.41, 5.74) is 14.7. The second-order valence-corrected chi connectivity index (χ2v) is 16.0. The number of fused-ring (bicyclic) bond motifs is 9. The van der Waals surface area contributed by atoms with Gasteiger partial charge in [0.05, 0.1) is 27.8 Å². The molecule has 3 aromatic heterocycles. The standard InChI is InChI=1S/C54H39FN4/c55-38-27-23-35(24-28-38)53-43-20-9-11-21-47(43)56-54(57-53)59-50-30-26-37(32-46(50)52-42-19-8-7-17-40(42)44(33-51(52)59)34-13-3-1-4-14-34)36-25-29-49-45(31-36)41-18-10-12-22-48(41)58(49)39-15-5-2-6-16-39/h1-3,5-9,11-13,15-17,19-27,29-33,38H,4,10,14,18,28H2. The smallest absolute Gasteiger partial charge is 0.235 e. The van der Waals surface area contributed by atoms with Gasteiger partial charge < -0.3 is 4.57 Å². The first-order valence-electron chi connectivity index (χ1n) is 20.7. The SMILES string of the molecule is FC1C=CC(c2nc(-n3c4ccc(-c5ccc6c(c5)c5c(n6-c6ccccc6)C=CCC5)cc4c4c5ccccc5c(C5=CC=CCC5)cc43)nc3ccccc23)=CC1. The number of alkyl halides is 1. The van der Waals surface area contributed by atoms with E-state index in [4.69, 9.17) is 9.97 Å². The number of aryl methyl sites for hydroxylation is 1. The van der Waals surface area contributed by atoms with E-state index in [1.807, 2.05) is 24.3 Å². The van der Waals surface area contributed by atoms with E-state index in [1.165, 1.54) is 60.7 Å². The molecule has 3 aliphatic rings. The van der Waals surface area contributed by atoms with Crippen molar-refractivity contribution in [3.63, 3.8) is 0 Å². The number of halogens is 1. The van der Waals surface area contributed by atoms with E-state index in [2.05, 4.69) is 149 Å². The summed E-state index contributed by atoms with van der Waals surface area (Å²) in [6.45, 7) is 0. The molecule has 0 bridgehead atoms. The summed E-state index contributed by atoms with van der Waals surface area (Å²) >= 11 is 0. The molecule has 59 heavy (non-hydrogen) atoms. The molecule has 12 rings (SSSR count). The Morgan fingerprint density at radius 1 is 0.610 bits per heavy atom. The van der Waals surface area contributed by atoms with Crippen molar-refractivity contribution in [2.45, 2.75) is 38.3 Å². The van der Waals surface area contributed by atoms with Gasteiger partial charge in [0.25, 0.3) is 0 Å². The third kappa shape index (κ3) is 5.41. The van der Waals surface area contributed by atoms with E-state index in [0.717, 1.165) is 69.8 Å². The van der Waals surface area contributed by atoms with Crippen molar-refractivity contribution in [3.05, 3.63) is 186 Å². The van der Waals surface area contributed by atoms with Crippen molar-refractivity contribution < 1.29 is 4.39 Å². The average Bonchev–Trinajstić information content (AvgIpc) is 3.81. The van der Waals surface area contributed by atoms with E-state index in [1.54, 1.807) is 6.08 Å². The van der Waals surface area contributed by atoms with Gasteiger partial charge in [0, 0.05) is 39.3 Å². The quantitative estimate of drug-likeness (QED) is 0.175. The predicted octanol–water partition coefficient (Wildman–Crippen LogP) is 13.9. The van der Waals surface area contributed by atoms with Gasteiger partial charge in [-0.2, -0.15) is 0 Å². The minimum Gasteiger partial charge on any atom is -0.310 e. The Morgan fingerprint density at radius 3 is 2.15 bits per heavy atom. The third-order valence-electron chi connectivity index (χ3n) is 12.5. The van der Waals surface area contributed by atoms with E-state index in [-0.39, 0.29) is 0 Å². The molecule has 4 nitrogen and oxygen atoms in total. The normalized spacial score (nSPS) is 16.4. The Hall–Kier alpha value is -7.11. The van der Waals surface area contributed by atoms with Gasteiger partial charge >= 0.3 is 0 Å². The van der Waals surface area contributed by atoms with Crippen LogP contribution in [0.15, 0.2) is 164 Å². The Balaban J connectivity index is 1.13. The molecule has 0 radical (unpaired) electrons. The fourth-order valence-corrected chi connectivity index (χ4v) is 9.79. The number of rotatable bonds is 5. The molecule has 0 N–H and O–H groups in total. The Kier molecular flexibility index (Phi) is 7.77. The zero-order valence-electron chi connectivity index (χ0n) is 32.4. The molecule has 1 unspecified atom stereocenters. The molecule has 3 aliphatic carbocycles. The lowest BCUT2D eigenvalue weighted by Crippen LogP contribution is -2.06. The van der Waals surface area contributed by atoms with Gasteiger partial charge in [-0.1, -0.05) is 109 Å². The van der Waals surface area contributed by atoms with Crippen molar-refractivity contribution in [2.24, 2.45) is 0 Å². The summed E-state index contributed by atoms with van der Waals surface area (Å²) in [7, 11) is 0. The zero-order valence-corrected chi connectivity index (χ0v) is 32.4. The van der Waals surface area contributed by atoms with Crippen molar-refractivity contribution in [1.29, 1.82) is 0 Å². The van der Waals surface area contributed by atoms with Crippen LogP contribution < -0.4 is 0 Å². The van der Waals surface area contributed by atoms with E-state index in [0.29, 0.717) is 12.4 Å². The number of hydrogen-bond acceptors (Lipinski definition) is 2. The summed E-state index contributed by atoms with van der Waals surface area (Å²) in [6.07, 6.45) is 20.2. The first kappa shape index (κ1) is 34.0. The van der Waals surface area contributed by atoms with Gasteiger partial charge in [-0.3, -0.25) is 4.57 Å². The highest BCUT2D eigenvalue weighted by Gasteiger charge is 2.24. The Morgan fingerprint density at radius 2 is 1.36 bits per heavy atom. The molecule has 0 saturated carbocycles. The van der Waals surface area contributed by atoms with Crippen LogP contribution in [-0.4, -0.2) is 25.3 Å². The highest BCUT2D eigenvalue weighted by atomic mass is 19.1. The predicted molar refractivity (Wildman–Crippen MR) is 244 cm³/mol. The fraction of sp³-hybridized carbons (Fsp3) is 0.111. The van der Waals surface area contributed by atoms with E-state index < -0.39 is 6.17 Å². The third-order valence-corrected chi connectivity index (χ3v) is 12.5. The maximum atomic E-state index is 14.4. The molecular formula is C54H39FN4. The first-order valence-corrected chi connectivity index (χ1v) is 20.7. The van der Waals surface area contributed by atoms with Gasteiger partial charge in [0.15, 0.2) is 0 Å². The summed E-state index contributed by atoms with van der Waals surface area (Å²) in [5, 5.41) is 7.04. The monoisotopic (exact) mass is 762 g/mol. The number of aromatic nitrogens is 4. The molecule has 0 spiro atoms. The van der Waals surface area contributed by atoms with Crippen LogP contribution in [0.5, 0.6) is 0 Å². The molecule has 0 aliphatic heterocycles. The fourth-order valence-electron chi connectivity index (χ4n) is 9.79. The molecule has 3 heterocycles. The molecule has 9 aromatic rings. The Bertz CT molecular complexity index is 3370. The van der Waals surface area contributed by atoms with Gasteiger partial charge in [0.2, 0.25) is 5.95 Å².